The molecule has 1 N–H and O–H groups in total. The maximum atomic E-state index is 11.6. The van der Waals surface area contributed by atoms with Crippen molar-refractivity contribution in [2.24, 2.45) is 5.92 Å². The van der Waals surface area contributed by atoms with Gasteiger partial charge < -0.3 is 9.84 Å². The molecule has 0 bridgehead atoms. The van der Waals surface area contributed by atoms with Crippen molar-refractivity contribution in [3.63, 3.8) is 0 Å². The molecule has 0 heterocycles. The molecule has 0 amide bonds. The van der Waals surface area contributed by atoms with Crippen molar-refractivity contribution >= 4 is 5.97 Å². The summed E-state index contributed by atoms with van der Waals surface area (Å²) in [6, 6.07) is 0.644. The molecule has 2 unspecified atom stereocenters. The molecule has 1 saturated carbocycles. The van der Waals surface area contributed by atoms with Gasteiger partial charge in [0.2, 0.25) is 0 Å². The van der Waals surface area contributed by atoms with Crippen LogP contribution >= 0.6 is 0 Å². The molecule has 0 aromatic rings. The third-order valence-electron chi connectivity index (χ3n) is 4.69. The Bertz CT molecular complexity index is 279. The summed E-state index contributed by atoms with van der Waals surface area (Å²) in [7, 11) is 1.72. The van der Waals surface area contributed by atoms with E-state index in [2.05, 4.69) is 18.7 Å². The second-order valence-electron chi connectivity index (χ2n) is 5.85. The van der Waals surface area contributed by atoms with Gasteiger partial charge in [0, 0.05) is 25.7 Å². The maximum absolute atomic E-state index is 11.6. The van der Waals surface area contributed by atoms with Crippen molar-refractivity contribution in [1.82, 2.24) is 4.90 Å². The summed E-state index contributed by atoms with van der Waals surface area (Å²) in [4.78, 5) is 14.1. The number of hydrogen-bond acceptors (Lipinski definition) is 3. The number of carboxylic acid groups (broad SMARTS) is 1. The van der Waals surface area contributed by atoms with Gasteiger partial charge in [0.1, 0.15) is 0 Å². The Morgan fingerprint density at radius 2 is 1.90 bits per heavy atom. The minimum atomic E-state index is -0.620. The largest absolute Gasteiger partial charge is 0.481 e. The van der Waals surface area contributed by atoms with Crippen molar-refractivity contribution < 1.29 is 14.6 Å². The minimum Gasteiger partial charge on any atom is -0.481 e. The maximum Gasteiger partial charge on any atom is 0.308 e. The van der Waals surface area contributed by atoms with E-state index in [4.69, 9.17) is 4.74 Å². The van der Waals surface area contributed by atoms with Gasteiger partial charge in [-0.1, -0.05) is 33.1 Å². The van der Waals surface area contributed by atoms with Gasteiger partial charge in [0.25, 0.3) is 0 Å². The van der Waals surface area contributed by atoms with Crippen LogP contribution in [-0.2, 0) is 9.53 Å². The zero-order chi connectivity index (χ0) is 15.0. The first-order valence-corrected chi connectivity index (χ1v) is 8.13. The zero-order valence-electron chi connectivity index (χ0n) is 13.3. The summed E-state index contributed by atoms with van der Waals surface area (Å²) in [5.74, 6) is -0.833. The Balaban J connectivity index is 2.89. The van der Waals surface area contributed by atoms with E-state index in [1.165, 1.54) is 6.42 Å². The molecule has 118 valence electrons. The van der Waals surface area contributed by atoms with E-state index >= 15 is 0 Å². The lowest BCUT2D eigenvalue weighted by Gasteiger charge is -2.39. The van der Waals surface area contributed by atoms with Crippen LogP contribution < -0.4 is 0 Å². The first-order chi connectivity index (χ1) is 9.65. The van der Waals surface area contributed by atoms with Crippen LogP contribution in [0.1, 0.15) is 58.8 Å². The van der Waals surface area contributed by atoms with E-state index < -0.39 is 5.97 Å². The summed E-state index contributed by atoms with van der Waals surface area (Å²) >= 11 is 0. The Labute approximate surface area is 123 Å². The average Bonchev–Trinajstić information content (AvgIpc) is 2.69. The van der Waals surface area contributed by atoms with Crippen LogP contribution in [0.25, 0.3) is 0 Å². The number of hydrogen-bond donors (Lipinski definition) is 1. The van der Waals surface area contributed by atoms with E-state index in [1.54, 1.807) is 7.11 Å². The fourth-order valence-electron chi connectivity index (χ4n) is 3.55. The molecule has 0 spiro atoms. The molecule has 4 heteroatoms. The van der Waals surface area contributed by atoms with Crippen LogP contribution in [0.2, 0.25) is 0 Å². The highest BCUT2D eigenvalue weighted by Gasteiger charge is 2.35. The number of nitrogens with zero attached hydrogens (tertiary/aromatic N) is 1. The van der Waals surface area contributed by atoms with Gasteiger partial charge in [0.15, 0.2) is 0 Å². The molecule has 2 atom stereocenters. The van der Waals surface area contributed by atoms with Crippen molar-refractivity contribution in [2.75, 3.05) is 20.3 Å². The molecule has 4 nitrogen and oxygen atoms in total. The lowest BCUT2D eigenvalue weighted by molar-refractivity contribution is -0.145. The second kappa shape index (κ2) is 9.35. The zero-order valence-corrected chi connectivity index (χ0v) is 13.3. The number of aliphatic carboxylic acids is 1. The third kappa shape index (κ3) is 4.74. The smallest absolute Gasteiger partial charge is 0.308 e. The van der Waals surface area contributed by atoms with E-state index in [0.29, 0.717) is 12.6 Å². The molecule has 0 saturated heterocycles. The standard InChI is InChI=1S/C16H31NO3/c1-4-13(5-2)17(11-12-20-3)15-10-8-6-7-9-14(15)16(18)19/h13-15H,4-12H2,1-3H3,(H,18,19). The summed E-state index contributed by atoms with van der Waals surface area (Å²) in [5, 5.41) is 9.58. The molecular formula is C16H31NO3. The highest BCUT2D eigenvalue weighted by atomic mass is 16.5. The minimum absolute atomic E-state index is 0.176. The van der Waals surface area contributed by atoms with Crippen LogP contribution in [0.5, 0.6) is 0 Å². The lowest BCUT2D eigenvalue weighted by atomic mass is 9.91. The molecule has 0 aromatic heterocycles. The summed E-state index contributed by atoms with van der Waals surface area (Å²) in [6.45, 7) is 5.91. The molecule has 0 radical (unpaired) electrons. The molecule has 20 heavy (non-hydrogen) atoms. The predicted molar refractivity (Wildman–Crippen MR) is 81.0 cm³/mol. The van der Waals surface area contributed by atoms with E-state index in [9.17, 15) is 9.90 Å². The topological polar surface area (TPSA) is 49.8 Å². The summed E-state index contributed by atoms with van der Waals surface area (Å²) in [6.07, 6.45) is 7.35. The van der Waals surface area contributed by atoms with Crippen molar-refractivity contribution in [3.8, 4) is 0 Å². The molecule has 1 rings (SSSR count). The highest BCUT2D eigenvalue weighted by molar-refractivity contribution is 5.71. The molecule has 1 aliphatic carbocycles. The van der Waals surface area contributed by atoms with Crippen molar-refractivity contribution in [1.29, 1.82) is 0 Å². The van der Waals surface area contributed by atoms with Gasteiger partial charge in [-0.05, 0) is 25.7 Å². The van der Waals surface area contributed by atoms with Gasteiger partial charge in [0.05, 0.1) is 12.5 Å². The van der Waals surface area contributed by atoms with E-state index in [1.807, 2.05) is 0 Å². The Morgan fingerprint density at radius 1 is 1.25 bits per heavy atom. The number of carboxylic acids is 1. The normalized spacial score (nSPS) is 24.1. The second-order valence-corrected chi connectivity index (χ2v) is 5.85. The van der Waals surface area contributed by atoms with Crippen LogP contribution in [0.4, 0.5) is 0 Å². The molecule has 1 aliphatic rings. The van der Waals surface area contributed by atoms with E-state index in [-0.39, 0.29) is 12.0 Å². The van der Waals surface area contributed by atoms with Crippen LogP contribution in [0.15, 0.2) is 0 Å². The first-order valence-electron chi connectivity index (χ1n) is 8.13. The van der Waals surface area contributed by atoms with Gasteiger partial charge >= 0.3 is 5.97 Å². The van der Waals surface area contributed by atoms with Crippen LogP contribution in [-0.4, -0.2) is 48.3 Å². The average molecular weight is 285 g/mol. The number of ether oxygens (including phenoxy) is 1. The highest BCUT2D eigenvalue weighted by Crippen LogP contribution is 2.30. The molecule has 0 aromatic carbocycles. The molecular weight excluding hydrogens is 254 g/mol. The summed E-state index contributed by atoms with van der Waals surface area (Å²) in [5.41, 5.74) is 0. The Hall–Kier alpha value is -0.610. The fourth-order valence-corrected chi connectivity index (χ4v) is 3.55. The van der Waals surface area contributed by atoms with Crippen molar-refractivity contribution in [3.05, 3.63) is 0 Å². The Kier molecular flexibility index (Phi) is 8.15. The lowest BCUT2D eigenvalue weighted by Crippen LogP contribution is -2.49. The van der Waals surface area contributed by atoms with Crippen LogP contribution in [0.3, 0.4) is 0 Å². The molecule has 1 fully saturated rings. The Morgan fingerprint density at radius 3 is 2.45 bits per heavy atom. The first kappa shape index (κ1) is 17.4. The monoisotopic (exact) mass is 285 g/mol. The predicted octanol–water partition coefficient (Wildman–Crippen LogP) is 3.16. The van der Waals surface area contributed by atoms with Gasteiger partial charge in [-0.2, -0.15) is 0 Å². The van der Waals surface area contributed by atoms with Gasteiger partial charge in [-0.3, -0.25) is 9.69 Å². The van der Waals surface area contributed by atoms with Crippen molar-refractivity contribution in [2.45, 2.75) is 70.9 Å². The van der Waals surface area contributed by atoms with Gasteiger partial charge in [-0.25, -0.2) is 0 Å². The van der Waals surface area contributed by atoms with Gasteiger partial charge in [-0.15, -0.1) is 0 Å². The van der Waals surface area contributed by atoms with Crippen LogP contribution in [0, 0.1) is 5.92 Å². The number of carbonyl (C=O) groups is 1. The number of methoxy groups -OCH3 is 1. The SMILES string of the molecule is CCC(CC)N(CCOC)C1CCCCCC1C(=O)O. The fraction of sp³-hybridized carbons (Fsp3) is 0.938. The summed E-state index contributed by atoms with van der Waals surface area (Å²) < 4.78 is 5.24. The van der Waals surface area contributed by atoms with E-state index in [0.717, 1.165) is 45.1 Å². The quantitative estimate of drug-likeness (QED) is 0.696. The number of rotatable bonds is 8. The molecule has 0 aliphatic heterocycles. The third-order valence-corrected chi connectivity index (χ3v) is 4.69.